The van der Waals surface area contributed by atoms with Crippen molar-refractivity contribution in [1.29, 1.82) is 0 Å². The number of carboxylic acid groups (broad SMARTS) is 1. The van der Waals surface area contributed by atoms with E-state index in [-0.39, 0.29) is 17.0 Å². The van der Waals surface area contributed by atoms with Crippen molar-refractivity contribution in [3.8, 4) is 0 Å². The third-order valence-corrected chi connectivity index (χ3v) is 3.42. The molecule has 2 aromatic rings. The Morgan fingerprint density at radius 3 is 2.74 bits per heavy atom. The number of hydrogen-bond donors (Lipinski definition) is 3. The van der Waals surface area contributed by atoms with Gasteiger partial charge < -0.3 is 10.4 Å². The van der Waals surface area contributed by atoms with E-state index in [4.69, 9.17) is 5.11 Å². The summed E-state index contributed by atoms with van der Waals surface area (Å²) < 4.78 is 0. The number of aromatic nitrogens is 3. The maximum Gasteiger partial charge on any atom is 0.336 e. The van der Waals surface area contributed by atoms with Crippen LogP contribution in [0.3, 0.4) is 0 Å². The number of hydrogen-bond acceptors (Lipinski definition) is 7. The Bertz CT molecular complexity index is 743. The van der Waals surface area contributed by atoms with Crippen LogP contribution in [-0.4, -0.2) is 42.8 Å². The first-order valence-corrected chi connectivity index (χ1v) is 7.18. The summed E-state index contributed by atoms with van der Waals surface area (Å²) in [5.74, 6) is -1.20. The van der Waals surface area contributed by atoms with Gasteiger partial charge in [0, 0.05) is 17.8 Å². The smallest absolute Gasteiger partial charge is 0.336 e. The molecule has 0 bridgehead atoms. The lowest BCUT2D eigenvalue weighted by atomic mass is 10.1. The number of thioether (sulfide) groups is 1. The average molecular weight is 337 g/mol. The van der Waals surface area contributed by atoms with Crippen LogP contribution in [0.4, 0.5) is 11.4 Å². The Morgan fingerprint density at radius 1 is 1.43 bits per heavy atom. The quantitative estimate of drug-likeness (QED) is 0.407. The number of carbonyl (C=O) groups is 2. The Labute approximate surface area is 133 Å². The summed E-state index contributed by atoms with van der Waals surface area (Å²) in [5, 5.41) is 29.0. The fourth-order valence-electron chi connectivity index (χ4n) is 1.63. The number of H-pyrrole nitrogens is 1. The van der Waals surface area contributed by atoms with Crippen molar-refractivity contribution in [3.63, 3.8) is 0 Å². The Hall–Kier alpha value is -2.95. The molecule has 0 spiro atoms. The normalized spacial score (nSPS) is 10.3. The highest BCUT2D eigenvalue weighted by Gasteiger charge is 2.15. The second kappa shape index (κ2) is 6.87. The fraction of sp³-hybridized carbons (Fsp3) is 0.167. The van der Waals surface area contributed by atoms with E-state index in [1.807, 2.05) is 0 Å². The van der Waals surface area contributed by atoms with Gasteiger partial charge >= 0.3 is 5.97 Å². The van der Waals surface area contributed by atoms with Crippen LogP contribution in [0, 0.1) is 17.0 Å². The van der Waals surface area contributed by atoms with Gasteiger partial charge in [0.15, 0.2) is 0 Å². The fourth-order valence-corrected chi connectivity index (χ4v) is 2.27. The molecule has 120 valence electrons. The third-order valence-electron chi connectivity index (χ3n) is 2.57. The lowest BCUT2D eigenvalue weighted by Crippen LogP contribution is -2.15. The van der Waals surface area contributed by atoms with Crippen molar-refractivity contribution >= 4 is 35.0 Å². The van der Waals surface area contributed by atoms with Crippen molar-refractivity contribution in [2.24, 2.45) is 0 Å². The molecule has 0 radical (unpaired) electrons. The van der Waals surface area contributed by atoms with Crippen LogP contribution < -0.4 is 5.32 Å². The summed E-state index contributed by atoms with van der Waals surface area (Å²) in [6, 6.07) is 3.16. The number of aryl methyl sites for hydroxylation is 1. The number of benzene rings is 1. The van der Waals surface area contributed by atoms with E-state index in [2.05, 4.69) is 20.5 Å². The largest absolute Gasteiger partial charge is 0.478 e. The lowest BCUT2D eigenvalue weighted by molar-refractivity contribution is -0.384. The first kappa shape index (κ1) is 16.4. The molecule has 1 aromatic heterocycles. The minimum atomic E-state index is -1.32. The second-order valence-electron chi connectivity index (χ2n) is 4.37. The molecular formula is C12H11N5O5S. The van der Waals surface area contributed by atoms with Gasteiger partial charge in [0.2, 0.25) is 11.1 Å². The van der Waals surface area contributed by atoms with E-state index in [1.54, 1.807) is 6.92 Å². The SMILES string of the molecule is Cc1nc(SCC(=O)Nc2cc(C(=O)O)cc([N+](=O)[O-])c2)n[nH]1. The molecule has 0 aliphatic heterocycles. The molecule has 11 heteroatoms. The topological polar surface area (TPSA) is 151 Å². The van der Waals surface area contributed by atoms with E-state index in [1.165, 1.54) is 0 Å². The molecular weight excluding hydrogens is 326 g/mol. The van der Waals surface area contributed by atoms with Crippen LogP contribution in [0.1, 0.15) is 16.2 Å². The Balaban J connectivity index is 2.07. The standard InChI is InChI=1S/C12H11N5O5S/c1-6-13-12(16-15-6)23-5-10(18)14-8-2-7(11(19)20)3-9(4-8)17(21)22/h2-4H,5H2,1H3,(H,14,18)(H,19,20)(H,13,15,16). The number of anilines is 1. The van der Waals surface area contributed by atoms with Crippen molar-refractivity contribution in [2.45, 2.75) is 12.1 Å². The Morgan fingerprint density at radius 2 is 2.17 bits per heavy atom. The molecule has 1 aromatic carbocycles. The number of nitro groups is 1. The molecule has 1 amide bonds. The molecule has 23 heavy (non-hydrogen) atoms. The van der Waals surface area contributed by atoms with E-state index >= 15 is 0 Å². The third kappa shape index (κ3) is 4.51. The minimum Gasteiger partial charge on any atom is -0.478 e. The van der Waals surface area contributed by atoms with Gasteiger partial charge in [-0.25, -0.2) is 9.78 Å². The van der Waals surface area contributed by atoms with Gasteiger partial charge in [-0.15, -0.1) is 5.10 Å². The van der Waals surface area contributed by atoms with Crippen LogP contribution in [0.2, 0.25) is 0 Å². The molecule has 3 N–H and O–H groups in total. The number of amides is 1. The number of nitro benzene ring substituents is 1. The second-order valence-corrected chi connectivity index (χ2v) is 5.31. The maximum absolute atomic E-state index is 11.8. The van der Waals surface area contributed by atoms with Gasteiger partial charge in [0.05, 0.1) is 16.2 Å². The molecule has 0 unspecified atom stereocenters. The zero-order valence-corrected chi connectivity index (χ0v) is 12.6. The zero-order valence-electron chi connectivity index (χ0n) is 11.8. The van der Waals surface area contributed by atoms with Crippen molar-refractivity contribution in [2.75, 3.05) is 11.1 Å². The van der Waals surface area contributed by atoms with Gasteiger partial charge in [-0.2, -0.15) is 0 Å². The summed E-state index contributed by atoms with van der Waals surface area (Å²) in [5.41, 5.74) is -0.669. The minimum absolute atomic E-state index is 0.0254. The lowest BCUT2D eigenvalue weighted by Gasteiger charge is -2.05. The molecule has 2 rings (SSSR count). The van der Waals surface area contributed by atoms with Crippen molar-refractivity contribution in [3.05, 3.63) is 39.7 Å². The monoisotopic (exact) mass is 337 g/mol. The van der Waals surface area contributed by atoms with E-state index in [9.17, 15) is 19.7 Å². The van der Waals surface area contributed by atoms with Gasteiger partial charge in [-0.1, -0.05) is 11.8 Å². The number of carboxylic acids is 1. The van der Waals surface area contributed by atoms with Gasteiger partial charge in [-0.3, -0.25) is 20.0 Å². The number of nitrogens with one attached hydrogen (secondary N) is 2. The molecule has 1 heterocycles. The van der Waals surface area contributed by atoms with Gasteiger partial charge in [0.25, 0.3) is 5.69 Å². The molecule has 0 saturated carbocycles. The van der Waals surface area contributed by atoms with Crippen LogP contribution in [0.25, 0.3) is 0 Å². The van der Waals surface area contributed by atoms with Crippen molar-refractivity contribution < 1.29 is 19.6 Å². The summed E-state index contributed by atoms with van der Waals surface area (Å²) in [7, 11) is 0. The van der Waals surface area contributed by atoms with Crippen LogP contribution in [0.5, 0.6) is 0 Å². The predicted octanol–water partition coefficient (Wildman–Crippen LogP) is 1.45. The predicted molar refractivity (Wildman–Crippen MR) is 80.5 cm³/mol. The number of rotatable bonds is 6. The van der Waals surface area contributed by atoms with E-state index in [0.29, 0.717) is 11.0 Å². The molecule has 0 atom stereocenters. The Kier molecular flexibility index (Phi) is 4.91. The highest BCUT2D eigenvalue weighted by Crippen LogP contribution is 2.21. The summed E-state index contributed by atoms with van der Waals surface area (Å²) >= 11 is 1.07. The van der Waals surface area contributed by atoms with Gasteiger partial charge in [-0.05, 0) is 13.0 Å². The van der Waals surface area contributed by atoms with Crippen molar-refractivity contribution in [1.82, 2.24) is 15.2 Å². The number of nitrogens with zero attached hydrogens (tertiary/aromatic N) is 3. The highest BCUT2D eigenvalue weighted by atomic mass is 32.2. The molecule has 0 fully saturated rings. The molecule has 0 aliphatic carbocycles. The number of aromatic amines is 1. The highest BCUT2D eigenvalue weighted by molar-refractivity contribution is 7.99. The number of carbonyl (C=O) groups excluding carboxylic acids is 1. The van der Waals surface area contributed by atoms with E-state index in [0.717, 1.165) is 30.0 Å². The number of non-ortho nitro benzene ring substituents is 1. The average Bonchev–Trinajstić information content (AvgIpc) is 2.90. The first-order chi connectivity index (χ1) is 10.8. The van der Waals surface area contributed by atoms with Crippen LogP contribution in [-0.2, 0) is 4.79 Å². The van der Waals surface area contributed by atoms with Gasteiger partial charge in [0.1, 0.15) is 5.82 Å². The molecule has 10 nitrogen and oxygen atoms in total. The zero-order chi connectivity index (χ0) is 17.0. The van der Waals surface area contributed by atoms with Crippen LogP contribution in [0.15, 0.2) is 23.4 Å². The molecule has 0 saturated heterocycles. The summed E-state index contributed by atoms with van der Waals surface area (Å²) in [6.07, 6.45) is 0. The van der Waals surface area contributed by atoms with Crippen LogP contribution >= 0.6 is 11.8 Å². The molecule has 0 aliphatic rings. The summed E-state index contributed by atoms with van der Waals surface area (Å²) in [4.78, 5) is 36.9. The van der Waals surface area contributed by atoms with E-state index < -0.39 is 22.5 Å². The first-order valence-electron chi connectivity index (χ1n) is 6.19. The number of aromatic carboxylic acids is 1. The maximum atomic E-state index is 11.8. The summed E-state index contributed by atoms with van der Waals surface area (Å²) in [6.45, 7) is 1.72.